The molecule has 3 aromatic carbocycles. The normalized spacial score (nSPS) is 15.8. The molecule has 1 atom stereocenters. The van der Waals surface area contributed by atoms with Gasteiger partial charge in [0.15, 0.2) is 10.9 Å². The molecule has 1 amide bonds. The van der Waals surface area contributed by atoms with Crippen molar-refractivity contribution in [3.05, 3.63) is 77.4 Å². The predicted molar refractivity (Wildman–Crippen MR) is 125 cm³/mol. The molecule has 33 heavy (non-hydrogen) atoms. The van der Waals surface area contributed by atoms with Gasteiger partial charge in [-0.2, -0.15) is 20.3 Å². The lowest BCUT2D eigenvalue weighted by molar-refractivity contribution is -0.117. The Labute approximate surface area is 194 Å². The number of phenolic OH excluding ortho intramolecular Hbond substituents is 1. The molecule has 0 radical (unpaired) electrons. The van der Waals surface area contributed by atoms with Gasteiger partial charge in [-0.1, -0.05) is 41.9 Å². The molecule has 1 unspecified atom stereocenters. The van der Waals surface area contributed by atoms with Crippen molar-refractivity contribution in [3.63, 3.8) is 0 Å². The fourth-order valence-electron chi connectivity index (χ4n) is 3.34. The number of hydrogen-bond donors (Lipinski definition) is 2. The highest BCUT2D eigenvalue weighted by molar-refractivity contribution is 6.69. The number of hydrogen-bond acceptors (Lipinski definition) is 6. The first-order valence-electron chi connectivity index (χ1n) is 9.98. The molecule has 0 saturated carbocycles. The number of para-hydroxylation sites is 1. The van der Waals surface area contributed by atoms with Crippen LogP contribution in [0.25, 0.3) is 11.1 Å². The highest BCUT2D eigenvalue weighted by Gasteiger charge is 2.36. The Balaban J connectivity index is 1.61. The monoisotopic (exact) mass is 462 g/mol. The van der Waals surface area contributed by atoms with Crippen LogP contribution in [0.3, 0.4) is 0 Å². The number of phenols is 1. The zero-order chi connectivity index (χ0) is 23.7. The van der Waals surface area contributed by atoms with Gasteiger partial charge in [-0.3, -0.25) is 4.79 Å². The van der Waals surface area contributed by atoms with Crippen LogP contribution in [0.15, 0.2) is 76.0 Å². The Kier molecular flexibility index (Phi) is 5.93. The van der Waals surface area contributed by atoms with Crippen molar-refractivity contribution >= 4 is 40.0 Å². The van der Waals surface area contributed by atoms with Crippen LogP contribution in [0, 0.1) is 13.8 Å². The van der Waals surface area contributed by atoms with E-state index in [9.17, 15) is 19.8 Å². The molecule has 2 N–H and O–H groups in total. The predicted octanol–water partition coefficient (Wildman–Crippen LogP) is 5.43. The molecule has 8 nitrogen and oxygen atoms in total. The zero-order valence-corrected chi connectivity index (χ0v) is 18.5. The quantitative estimate of drug-likeness (QED) is 0.492. The van der Waals surface area contributed by atoms with E-state index in [0.29, 0.717) is 16.8 Å². The van der Waals surface area contributed by atoms with Crippen molar-refractivity contribution in [2.24, 2.45) is 15.3 Å². The number of rotatable bonds is 5. The number of amides is 1. The van der Waals surface area contributed by atoms with Crippen molar-refractivity contribution in [2.75, 3.05) is 5.01 Å². The summed E-state index contributed by atoms with van der Waals surface area (Å²) in [5.74, 6) is -1.74. The summed E-state index contributed by atoms with van der Waals surface area (Å²) in [5, 5.41) is 33.2. The summed E-state index contributed by atoms with van der Waals surface area (Å²) in [4.78, 5) is 24.1. The van der Waals surface area contributed by atoms with Gasteiger partial charge in [-0.05, 0) is 60.9 Å². The fraction of sp³-hybridized carbons (Fsp3) is 0.125. The maximum atomic E-state index is 12.9. The molecule has 1 aliphatic rings. The van der Waals surface area contributed by atoms with Crippen LogP contribution in [-0.4, -0.2) is 33.3 Å². The number of benzene rings is 3. The van der Waals surface area contributed by atoms with Gasteiger partial charge in [0.2, 0.25) is 6.04 Å². The molecule has 1 aliphatic heterocycles. The number of carbonyl (C=O) groups excluding carboxylic acids is 1. The minimum absolute atomic E-state index is 0.0354. The summed E-state index contributed by atoms with van der Waals surface area (Å²) < 4.78 is 0. The first kappa shape index (κ1) is 22.2. The minimum Gasteiger partial charge on any atom is -0.505 e. The third kappa shape index (κ3) is 4.33. The summed E-state index contributed by atoms with van der Waals surface area (Å²) in [5.41, 5.74) is 3.74. The molecular formula is C24H19ClN4O4. The second-order valence-electron chi connectivity index (χ2n) is 7.52. The summed E-state index contributed by atoms with van der Waals surface area (Å²) in [6.45, 7) is 3.90. The second kappa shape index (κ2) is 8.84. The SMILES string of the molecule is Cc1ccc(N2N=C(Cl)C(N=Nc3cccc(-c4cccc(C(=O)O)c4)c3O)C2=O)cc1C. The van der Waals surface area contributed by atoms with Gasteiger partial charge in [-0.25, -0.2) is 4.79 Å². The van der Waals surface area contributed by atoms with Gasteiger partial charge >= 0.3 is 5.97 Å². The molecule has 0 aliphatic carbocycles. The van der Waals surface area contributed by atoms with E-state index in [2.05, 4.69) is 15.3 Å². The van der Waals surface area contributed by atoms with Gasteiger partial charge < -0.3 is 10.2 Å². The molecule has 3 aromatic rings. The van der Waals surface area contributed by atoms with Crippen LogP contribution in [0.4, 0.5) is 11.4 Å². The topological polar surface area (TPSA) is 115 Å². The summed E-state index contributed by atoms with van der Waals surface area (Å²) >= 11 is 6.18. The maximum Gasteiger partial charge on any atom is 0.335 e. The number of nitrogens with zero attached hydrogens (tertiary/aromatic N) is 4. The molecule has 9 heteroatoms. The molecule has 0 fully saturated rings. The average molecular weight is 463 g/mol. The van der Waals surface area contributed by atoms with Crippen LogP contribution >= 0.6 is 11.6 Å². The number of hydrazone groups is 1. The van der Waals surface area contributed by atoms with Crippen molar-refractivity contribution in [2.45, 2.75) is 19.9 Å². The van der Waals surface area contributed by atoms with E-state index in [1.54, 1.807) is 30.3 Å². The molecular weight excluding hydrogens is 444 g/mol. The standard InChI is InChI=1S/C24H19ClN4O4/c1-13-9-10-17(11-14(13)2)29-23(31)20(22(25)28-29)27-26-19-8-4-7-18(21(19)30)15-5-3-6-16(12-15)24(32)33/h3-12,20,30H,1-2H3,(H,32,33). The molecule has 0 saturated heterocycles. The van der Waals surface area contributed by atoms with E-state index in [1.807, 2.05) is 26.0 Å². The summed E-state index contributed by atoms with van der Waals surface area (Å²) in [7, 11) is 0. The molecule has 0 aromatic heterocycles. The zero-order valence-electron chi connectivity index (χ0n) is 17.7. The lowest BCUT2D eigenvalue weighted by Gasteiger charge is -2.13. The van der Waals surface area contributed by atoms with Crippen LogP contribution in [-0.2, 0) is 4.79 Å². The number of carboxylic acids is 1. The van der Waals surface area contributed by atoms with Crippen molar-refractivity contribution in [1.82, 2.24) is 0 Å². The van der Waals surface area contributed by atoms with Gasteiger partial charge in [0.1, 0.15) is 5.69 Å². The third-order valence-corrected chi connectivity index (χ3v) is 5.60. The smallest absolute Gasteiger partial charge is 0.335 e. The van der Waals surface area contributed by atoms with Crippen LogP contribution in [0.2, 0.25) is 0 Å². The highest BCUT2D eigenvalue weighted by atomic mass is 35.5. The Morgan fingerprint density at radius 3 is 2.55 bits per heavy atom. The fourth-order valence-corrected chi connectivity index (χ4v) is 3.55. The van der Waals surface area contributed by atoms with Gasteiger partial charge in [0, 0.05) is 5.56 Å². The minimum atomic E-state index is -1.13. The summed E-state index contributed by atoms with van der Waals surface area (Å²) in [6, 6.07) is 15.3. The molecule has 0 spiro atoms. The lowest BCUT2D eigenvalue weighted by Crippen LogP contribution is -2.29. The number of aryl methyl sites for hydroxylation is 2. The van der Waals surface area contributed by atoms with E-state index in [1.165, 1.54) is 23.2 Å². The number of carboxylic acid groups (broad SMARTS) is 1. The molecule has 0 bridgehead atoms. The maximum absolute atomic E-state index is 12.9. The Morgan fingerprint density at radius 2 is 1.82 bits per heavy atom. The molecule has 4 rings (SSSR count). The van der Waals surface area contributed by atoms with Crippen molar-refractivity contribution in [1.29, 1.82) is 0 Å². The number of aromatic hydroxyl groups is 1. The first-order valence-corrected chi connectivity index (χ1v) is 10.4. The Hall–Kier alpha value is -4.04. The lowest BCUT2D eigenvalue weighted by atomic mass is 10.0. The highest BCUT2D eigenvalue weighted by Crippen LogP contribution is 2.38. The van der Waals surface area contributed by atoms with E-state index in [0.717, 1.165) is 11.1 Å². The van der Waals surface area contributed by atoms with Gasteiger partial charge in [0.25, 0.3) is 5.91 Å². The van der Waals surface area contributed by atoms with E-state index in [4.69, 9.17) is 11.6 Å². The average Bonchev–Trinajstić information content (AvgIpc) is 3.08. The van der Waals surface area contributed by atoms with Crippen LogP contribution in [0.1, 0.15) is 21.5 Å². The Bertz CT molecular complexity index is 1340. The van der Waals surface area contributed by atoms with Crippen molar-refractivity contribution < 1.29 is 19.8 Å². The van der Waals surface area contributed by atoms with Crippen LogP contribution < -0.4 is 5.01 Å². The number of halogens is 1. The number of carbonyl (C=O) groups is 2. The molecule has 166 valence electrons. The number of azo groups is 1. The van der Waals surface area contributed by atoms with E-state index in [-0.39, 0.29) is 22.2 Å². The second-order valence-corrected chi connectivity index (χ2v) is 7.91. The first-order chi connectivity index (χ1) is 15.8. The van der Waals surface area contributed by atoms with Crippen LogP contribution in [0.5, 0.6) is 5.75 Å². The van der Waals surface area contributed by atoms with Crippen molar-refractivity contribution in [3.8, 4) is 16.9 Å². The summed E-state index contributed by atoms with van der Waals surface area (Å²) in [6.07, 6.45) is 0. The molecule has 1 heterocycles. The van der Waals surface area contributed by atoms with Gasteiger partial charge in [-0.15, -0.1) is 0 Å². The largest absolute Gasteiger partial charge is 0.505 e. The van der Waals surface area contributed by atoms with Gasteiger partial charge in [0.05, 0.1) is 11.3 Å². The van der Waals surface area contributed by atoms with E-state index < -0.39 is 17.9 Å². The number of aromatic carboxylic acids is 1. The third-order valence-electron chi connectivity index (χ3n) is 5.32. The number of anilines is 1. The van der Waals surface area contributed by atoms with E-state index >= 15 is 0 Å². The Morgan fingerprint density at radius 1 is 1.06 bits per heavy atom.